The zero-order valence-corrected chi connectivity index (χ0v) is 18.3. The third kappa shape index (κ3) is 5.91. The van der Waals surface area contributed by atoms with Crippen molar-refractivity contribution >= 4 is 5.97 Å². The van der Waals surface area contributed by atoms with Gasteiger partial charge < -0.3 is 25.0 Å². The van der Waals surface area contributed by atoms with Crippen LogP contribution in [-0.4, -0.2) is 59.8 Å². The number of carbonyl (C=O) groups is 1. The number of carboxylic acid groups (broad SMARTS) is 1. The van der Waals surface area contributed by atoms with Gasteiger partial charge in [0.2, 0.25) is 0 Å². The van der Waals surface area contributed by atoms with Crippen LogP contribution in [0.25, 0.3) is 0 Å². The largest absolute Gasteiger partial charge is 0.481 e. The average Bonchev–Trinajstić information content (AvgIpc) is 3.35. The Labute approximate surface area is 170 Å². The van der Waals surface area contributed by atoms with Crippen molar-refractivity contribution < 1.29 is 24.5 Å². The quantitative estimate of drug-likeness (QED) is 0.494. The highest BCUT2D eigenvalue weighted by Crippen LogP contribution is 2.36. The van der Waals surface area contributed by atoms with E-state index in [9.17, 15) is 15.0 Å². The van der Waals surface area contributed by atoms with Gasteiger partial charge in [-0.25, -0.2) is 0 Å². The van der Waals surface area contributed by atoms with E-state index in [1.807, 2.05) is 14.0 Å². The van der Waals surface area contributed by atoms with Crippen molar-refractivity contribution in [1.82, 2.24) is 5.32 Å². The first-order valence-electron chi connectivity index (χ1n) is 11.2. The maximum absolute atomic E-state index is 11.2. The number of ether oxygens (including phenoxy) is 2. The van der Waals surface area contributed by atoms with Crippen LogP contribution in [0, 0.1) is 17.8 Å². The van der Waals surface area contributed by atoms with E-state index in [1.54, 1.807) is 6.92 Å². The van der Waals surface area contributed by atoms with E-state index >= 15 is 0 Å². The first-order valence-corrected chi connectivity index (χ1v) is 11.2. The average molecular weight is 400 g/mol. The molecule has 2 aliphatic rings. The Morgan fingerprint density at radius 1 is 1.04 bits per heavy atom. The minimum Gasteiger partial charge on any atom is -0.481 e. The predicted molar refractivity (Wildman–Crippen MR) is 109 cm³/mol. The molecule has 2 fully saturated rings. The number of aliphatic carboxylic acids is 1. The Morgan fingerprint density at radius 2 is 1.61 bits per heavy atom. The van der Waals surface area contributed by atoms with Crippen molar-refractivity contribution in [2.24, 2.45) is 17.8 Å². The summed E-state index contributed by atoms with van der Waals surface area (Å²) in [5.74, 6) is -1.32. The molecule has 0 amide bonds. The Kier molecular flexibility index (Phi) is 9.19. The molecule has 0 aliphatic carbocycles. The van der Waals surface area contributed by atoms with Crippen LogP contribution in [-0.2, 0) is 14.3 Å². The lowest BCUT2D eigenvalue weighted by Crippen LogP contribution is -2.40. The molecule has 0 aromatic carbocycles. The Bertz CT molecular complexity index is 488. The van der Waals surface area contributed by atoms with Crippen LogP contribution in [0.15, 0.2) is 0 Å². The van der Waals surface area contributed by atoms with Gasteiger partial charge in [0, 0.05) is 17.9 Å². The Morgan fingerprint density at radius 3 is 2.18 bits per heavy atom. The minimum absolute atomic E-state index is 0.0335. The molecule has 2 saturated heterocycles. The van der Waals surface area contributed by atoms with Crippen LogP contribution in [0.3, 0.4) is 0 Å². The summed E-state index contributed by atoms with van der Waals surface area (Å²) in [6.45, 7) is 7.99. The molecule has 28 heavy (non-hydrogen) atoms. The molecule has 0 bridgehead atoms. The standard InChI is InChI=1S/C22H41NO5/c1-6-7-16(23-5)12-17-8-9-18(27-17)13(2)21(24)14(3)19-10-11-20(28-19)15(4)22(25)26/h13-21,23-24H,6-12H2,1-5H3,(H,25,26)/t13-,14-,15-,16-,17+,18-,19+,20-,21+/m1/s1. The molecule has 6 heteroatoms. The van der Waals surface area contributed by atoms with Crippen molar-refractivity contribution in [1.29, 1.82) is 0 Å². The molecule has 0 saturated carbocycles. The lowest BCUT2D eigenvalue weighted by Gasteiger charge is -2.32. The fourth-order valence-electron chi connectivity index (χ4n) is 4.86. The van der Waals surface area contributed by atoms with Crippen LogP contribution in [0.5, 0.6) is 0 Å². The van der Waals surface area contributed by atoms with Crippen LogP contribution in [0.1, 0.15) is 72.6 Å². The first kappa shape index (κ1) is 23.6. The second-order valence-electron chi connectivity index (χ2n) is 9.01. The highest BCUT2D eigenvalue weighted by Gasteiger charge is 2.41. The lowest BCUT2D eigenvalue weighted by atomic mass is 9.84. The molecule has 2 aliphatic heterocycles. The molecule has 6 nitrogen and oxygen atoms in total. The summed E-state index contributed by atoms with van der Waals surface area (Å²) in [6.07, 6.45) is 6.44. The van der Waals surface area contributed by atoms with Gasteiger partial charge >= 0.3 is 5.97 Å². The smallest absolute Gasteiger partial charge is 0.308 e. The van der Waals surface area contributed by atoms with Crippen molar-refractivity contribution in [2.75, 3.05) is 7.05 Å². The van der Waals surface area contributed by atoms with Crippen LogP contribution in [0.2, 0.25) is 0 Å². The second-order valence-corrected chi connectivity index (χ2v) is 9.01. The van der Waals surface area contributed by atoms with Crippen molar-refractivity contribution in [3.05, 3.63) is 0 Å². The maximum atomic E-state index is 11.2. The molecule has 0 radical (unpaired) electrons. The van der Waals surface area contributed by atoms with Crippen LogP contribution in [0.4, 0.5) is 0 Å². The molecular formula is C22H41NO5. The molecule has 3 N–H and O–H groups in total. The van der Waals surface area contributed by atoms with Gasteiger partial charge in [0.05, 0.1) is 36.4 Å². The zero-order chi connectivity index (χ0) is 20.8. The monoisotopic (exact) mass is 399 g/mol. The van der Waals surface area contributed by atoms with Crippen molar-refractivity contribution in [3.8, 4) is 0 Å². The molecule has 164 valence electrons. The topological polar surface area (TPSA) is 88.0 Å². The van der Waals surface area contributed by atoms with Gasteiger partial charge in [0.25, 0.3) is 0 Å². The van der Waals surface area contributed by atoms with Gasteiger partial charge in [-0.15, -0.1) is 0 Å². The molecule has 0 aromatic heterocycles. The SMILES string of the molecule is CCC[C@H](C[C@@H]1CC[C@H]([C@@H](C)[C@H](O)[C@H](C)[C@@H]2CC[C@H]([C@@H](C)C(=O)O)O2)O1)NC. The second kappa shape index (κ2) is 10.9. The summed E-state index contributed by atoms with van der Waals surface area (Å²) >= 11 is 0. The van der Waals surface area contributed by atoms with E-state index < -0.39 is 18.0 Å². The summed E-state index contributed by atoms with van der Waals surface area (Å²) in [6, 6.07) is 0.493. The van der Waals surface area contributed by atoms with Gasteiger partial charge in [-0.3, -0.25) is 4.79 Å². The number of carboxylic acids is 1. The fourth-order valence-corrected chi connectivity index (χ4v) is 4.86. The summed E-state index contributed by atoms with van der Waals surface area (Å²) in [4.78, 5) is 11.2. The van der Waals surface area contributed by atoms with Crippen LogP contribution >= 0.6 is 0 Å². The Hall–Kier alpha value is -0.690. The summed E-state index contributed by atoms with van der Waals surface area (Å²) in [5.41, 5.74) is 0. The summed E-state index contributed by atoms with van der Waals surface area (Å²) in [7, 11) is 2.01. The maximum Gasteiger partial charge on any atom is 0.308 e. The fraction of sp³-hybridized carbons (Fsp3) is 0.955. The summed E-state index contributed by atoms with van der Waals surface area (Å²) < 4.78 is 12.3. The van der Waals surface area contributed by atoms with Gasteiger partial charge in [-0.1, -0.05) is 27.2 Å². The molecule has 2 heterocycles. The molecule has 0 aromatic rings. The van der Waals surface area contributed by atoms with E-state index in [2.05, 4.69) is 19.2 Å². The van der Waals surface area contributed by atoms with Gasteiger partial charge in [-0.05, 0) is 52.5 Å². The third-order valence-corrected chi connectivity index (χ3v) is 7.02. The van der Waals surface area contributed by atoms with Crippen LogP contribution < -0.4 is 5.32 Å². The first-order chi connectivity index (χ1) is 13.3. The molecule has 2 rings (SSSR count). The summed E-state index contributed by atoms with van der Waals surface area (Å²) in [5, 5.41) is 23.5. The Balaban J connectivity index is 1.83. The van der Waals surface area contributed by atoms with E-state index in [1.165, 1.54) is 0 Å². The van der Waals surface area contributed by atoms with E-state index in [0.717, 1.165) is 44.9 Å². The van der Waals surface area contributed by atoms with Crippen molar-refractivity contribution in [3.63, 3.8) is 0 Å². The van der Waals surface area contributed by atoms with Gasteiger partial charge in [0.1, 0.15) is 0 Å². The highest BCUT2D eigenvalue weighted by molar-refractivity contribution is 5.70. The molecular weight excluding hydrogens is 358 g/mol. The predicted octanol–water partition coefficient (Wildman–Crippen LogP) is 3.21. The van der Waals surface area contributed by atoms with E-state index in [4.69, 9.17) is 9.47 Å². The van der Waals surface area contributed by atoms with Gasteiger partial charge in [0.15, 0.2) is 0 Å². The molecule has 0 unspecified atom stereocenters. The number of hydrogen-bond donors (Lipinski definition) is 3. The highest BCUT2D eigenvalue weighted by atomic mass is 16.5. The molecule has 0 spiro atoms. The van der Waals surface area contributed by atoms with Gasteiger partial charge in [-0.2, -0.15) is 0 Å². The van der Waals surface area contributed by atoms with Crippen molar-refractivity contribution in [2.45, 2.75) is 109 Å². The number of nitrogens with one attached hydrogen (secondary N) is 1. The third-order valence-electron chi connectivity index (χ3n) is 7.02. The normalized spacial score (nSPS) is 33.4. The van der Waals surface area contributed by atoms with E-state index in [-0.39, 0.29) is 36.3 Å². The zero-order valence-electron chi connectivity index (χ0n) is 18.3. The number of aliphatic hydroxyl groups is 1. The minimum atomic E-state index is -0.819. The number of hydrogen-bond acceptors (Lipinski definition) is 5. The number of aliphatic hydroxyl groups excluding tert-OH is 1. The molecule has 9 atom stereocenters. The number of rotatable bonds is 11. The van der Waals surface area contributed by atoms with E-state index in [0.29, 0.717) is 6.04 Å². The lowest BCUT2D eigenvalue weighted by molar-refractivity contribution is -0.147.